The predicted molar refractivity (Wildman–Crippen MR) is 96.5 cm³/mol. The van der Waals surface area contributed by atoms with Gasteiger partial charge in [-0.1, -0.05) is 60.7 Å². The standard InChI is InChI=1S/C22H16O3/c1-13-17(15-9-5-3-6-10-15)18(16-11-7-4-8-12-16)14(2)20-19(13)21(23)25-22(20)24/h3-12H,1-2H3. The number of ether oxygens (including phenoxy) is 1. The number of cyclic esters (lactones) is 2. The minimum Gasteiger partial charge on any atom is -0.386 e. The lowest BCUT2D eigenvalue weighted by Crippen LogP contribution is -2.04. The molecule has 0 saturated carbocycles. The van der Waals surface area contributed by atoms with E-state index < -0.39 is 11.9 Å². The first-order valence-electron chi connectivity index (χ1n) is 8.14. The Morgan fingerprint density at radius 3 is 1.28 bits per heavy atom. The largest absolute Gasteiger partial charge is 0.386 e. The van der Waals surface area contributed by atoms with Crippen molar-refractivity contribution in [2.45, 2.75) is 13.8 Å². The van der Waals surface area contributed by atoms with E-state index in [1.807, 2.05) is 74.5 Å². The molecule has 0 amide bonds. The Labute approximate surface area is 145 Å². The molecule has 3 heteroatoms. The highest BCUT2D eigenvalue weighted by atomic mass is 16.6. The highest BCUT2D eigenvalue weighted by Crippen LogP contribution is 2.43. The Morgan fingerprint density at radius 1 is 0.560 bits per heavy atom. The van der Waals surface area contributed by atoms with Crippen molar-refractivity contribution >= 4 is 11.9 Å². The van der Waals surface area contributed by atoms with Gasteiger partial charge in [0.2, 0.25) is 0 Å². The molecule has 25 heavy (non-hydrogen) atoms. The summed E-state index contributed by atoms with van der Waals surface area (Å²) in [7, 11) is 0. The van der Waals surface area contributed by atoms with Gasteiger partial charge in [0.05, 0.1) is 11.1 Å². The van der Waals surface area contributed by atoms with E-state index in [0.29, 0.717) is 11.1 Å². The van der Waals surface area contributed by atoms with Crippen LogP contribution >= 0.6 is 0 Å². The zero-order chi connectivity index (χ0) is 17.6. The van der Waals surface area contributed by atoms with Crippen LogP contribution in [0.4, 0.5) is 0 Å². The molecule has 0 saturated heterocycles. The first kappa shape index (κ1) is 15.3. The molecule has 0 bridgehead atoms. The van der Waals surface area contributed by atoms with Gasteiger partial charge in [-0.3, -0.25) is 0 Å². The number of rotatable bonds is 2. The van der Waals surface area contributed by atoms with Gasteiger partial charge in [0.25, 0.3) is 0 Å². The highest BCUT2D eigenvalue weighted by molar-refractivity contribution is 6.18. The molecule has 0 fully saturated rings. The van der Waals surface area contributed by atoms with Crippen LogP contribution in [0.2, 0.25) is 0 Å². The number of hydrogen-bond donors (Lipinski definition) is 0. The average molecular weight is 328 g/mol. The molecule has 0 radical (unpaired) electrons. The monoisotopic (exact) mass is 328 g/mol. The molecular weight excluding hydrogens is 312 g/mol. The average Bonchev–Trinajstić information content (AvgIpc) is 2.94. The van der Waals surface area contributed by atoms with E-state index in [2.05, 4.69) is 0 Å². The van der Waals surface area contributed by atoms with Gasteiger partial charge in [0.1, 0.15) is 0 Å². The summed E-state index contributed by atoms with van der Waals surface area (Å²) in [5, 5.41) is 0. The summed E-state index contributed by atoms with van der Waals surface area (Å²) in [6.07, 6.45) is 0. The van der Waals surface area contributed by atoms with Crippen molar-refractivity contribution in [2.24, 2.45) is 0 Å². The van der Waals surface area contributed by atoms with Crippen molar-refractivity contribution in [1.29, 1.82) is 0 Å². The third-order valence-corrected chi connectivity index (χ3v) is 4.72. The lowest BCUT2D eigenvalue weighted by atomic mass is 9.82. The molecule has 3 nitrogen and oxygen atoms in total. The van der Waals surface area contributed by atoms with Crippen LogP contribution < -0.4 is 0 Å². The van der Waals surface area contributed by atoms with Crippen molar-refractivity contribution in [2.75, 3.05) is 0 Å². The molecule has 0 N–H and O–H groups in total. The SMILES string of the molecule is Cc1c2c(c(C)c(-c3ccccc3)c1-c1ccccc1)C(=O)OC2=O. The number of esters is 2. The van der Waals surface area contributed by atoms with Crippen LogP contribution in [0.3, 0.4) is 0 Å². The van der Waals surface area contributed by atoms with Crippen molar-refractivity contribution in [3.05, 3.63) is 82.9 Å². The summed E-state index contributed by atoms with van der Waals surface area (Å²) < 4.78 is 4.90. The van der Waals surface area contributed by atoms with Crippen molar-refractivity contribution < 1.29 is 14.3 Å². The van der Waals surface area contributed by atoms with Crippen LogP contribution in [0, 0.1) is 13.8 Å². The zero-order valence-corrected chi connectivity index (χ0v) is 14.0. The van der Waals surface area contributed by atoms with E-state index in [1.165, 1.54) is 0 Å². The predicted octanol–water partition coefficient (Wildman–Crippen LogP) is 4.95. The number of fused-ring (bicyclic) bond motifs is 1. The molecule has 0 spiro atoms. The van der Waals surface area contributed by atoms with E-state index >= 15 is 0 Å². The second-order valence-electron chi connectivity index (χ2n) is 6.16. The molecule has 122 valence electrons. The summed E-state index contributed by atoms with van der Waals surface area (Å²) in [5.74, 6) is -1.12. The molecule has 3 aromatic carbocycles. The van der Waals surface area contributed by atoms with E-state index in [1.54, 1.807) is 0 Å². The van der Waals surface area contributed by atoms with Gasteiger partial charge in [0, 0.05) is 0 Å². The van der Waals surface area contributed by atoms with Gasteiger partial charge in [-0.2, -0.15) is 0 Å². The Hall–Kier alpha value is -3.20. The minimum atomic E-state index is -0.558. The van der Waals surface area contributed by atoms with Gasteiger partial charge in [-0.25, -0.2) is 9.59 Å². The van der Waals surface area contributed by atoms with E-state index in [0.717, 1.165) is 33.4 Å². The molecule has 1 aliphatic rings. The molecule has 0 atom stereocenters. The molecule has 1 heterocycles. The van der Waals surface area contributed by atoms with Gasteiger partial charge in [0.15, 0.2) is 0 Å². The van der Waals surface area contributed by atoms with Crippen molar-refractivity contribution in [1.82, 2.24) is 0 Å². The smallest absolute Gasteiger partial charge is 0.347 e. The summed E-state index contributed by atoms with van der Waals surface area (Å²) in [6, 6.07) is 19.9. The van der Waals surface area contributed by atoms with E-state index in [9.17, 15) is 9.59 Å². The number of hydrogen-bond acceptors (Lipinski definition) is 3. The second kappa shape index (κ2) is 5.71. The molecule has 0 unspecified atom stereocenters. The maximum Gasteiger partial charge on any atom is 0.347 e. The summed E-state index contributed by atoms with van der Waals surface area (Å²) in [5.41, 5.74) is 6.29. The second-order valence-corrected chi connectivity index (χ2v) is 6.16. The molecule has 0 aromatic heterocycles. The van der Waals surface area contributed by atoms with E-state index in [-0.39, 0.29) is 0 Å². The fourth-order valence-electron chi connectivity index (χ4n) is 3.63. The third-order valence-electron chi connectivity index (χ3n) is 4.72. The third kappa shape index (κ3) is 2.28. The van der Waals surface area contributed by atoms with Crippen LogP contribution in [0.15, 0.2) is 60.7 Å². The van der Waals surface area contributed by atoms with Crippen LogP contribution in [-0.4, -0.2) is 11.9 Å². The van der Waals surface area contributed by atoms with E-state index in [4.69, 9.17) is 4.74 Å². The Kier molecular flexibility index (Phi) is 3.50. The molecular formula is C22H16O3. The van der Waals surface area contributed by atoms with Crippen molar-refractivity contribution in [3.63, 3.8) is 0 Å². The lowest BCUT2D eigenvalue weighted by Gasteiger charge is -2.19. The highest BCUT2D eigenvalue weighted by Gasteiger charge is 2.36. The summed E-state index contributed by atoms with van der Waals surface area (Å²) >= 11 is 0. The van der Waals surface area contributed by atoms with Crippen LogP contribution in [0.1, 0.15) is 31.8 Å². The fourth-order valence-corrected chi connectivity index (χ4v) is 3.63. The Bertz CT molecular complexity index is 920. The van der Waals surface area contributed by atoms with Crippen molar-refractivity contribution in [3.8, 4) is 22.3 Å². The van der Waals surface area contributed by atoms with Gasteiger partial charge in [-0.15, -0.1) is 0 Å². The number of carbonyl (C=O) groups excluding carboxylic acids is 2. The Morgan fingerprint density at radius 2 is 0.920 bits per heavy atom. The first-order valence-corrected chi connectivity index (χ1v) is 8.14. The molecule has 1 aliphatic heterocycles. The summed E-state index contributed by atoms with van der Waals surface area (Å²) in [6.45, 7) is 3.76. The van der Waals surface area contributed by atoms with Gasteiger partial charge < -0.3 is 4.74 Å². The quantitative estimate of drug-likeness (QED) is 0.494. The minimum absolute atomic E-state index is 0.390. The van der Waals surface area contributed by atoms with Crippen LogP contribution in [-0.2, 0) is 4.74 Å². The molecule has 3 aromatic rings. The fraction of sp³-hybridized carbons (Fsp3) is 0.0909. The van der Waals surface area contributed by atoms with Crippen LogP contribution in [0.5, 0.6) is 0 Å². The number of carbonyl (C=O) groups is 2. The zero-order valence-electron chi connectivity index (χ0n) is 14.0. The van der Waals surface area contributed by atoms with Crippen LogP contribution in [0.25, 0.3) is 22.3 Å². The lowest BCUT2D eigenvalue weighted by molar-refractivity contribution is 0.0443. The summed E-state index contributed by atoms with van der Waals surface area (Å²) in [4.78, 5) is 24.5. The maximum absolute atomic E-state index is 12.2. The first-order chi connectivity index (χ1) is 12.1. The topological polar surface area (TPSA) is 43.4 Å². The molecule has 0 aliphatic carbocycles. The molecule has 4 rings (SSSR count). The number of benzene rings is 3. The van der Waals surface area contributed by atoms with Gasteiger partial charge >= 0.3 is 11.9 Å². The normalized spacial score (nSPS) is 12.9. The van der Waals surface area contributed by atoms with Gasteiger partial charge in [-0.05, 0) is 47.2 Å². The maximum atomic E-state index is 12.2. The Balaban J connectivity index is 2.16.